The number of hydrogen-bond donors (Lipinski definition) is 2. The number of rotatable bonds is 0. The Labute approximate surface area is 104 Å². The Balaban J connectivity index is 2.00. The van der Waals surface area contributed by atoms with Crippen LogP contribution in [0.1, 0.15) is 52.9 Å². The van der Waals surface area contributed by atoms with E-state index in [1.54, 1.807) is 0 Å². The van der Waals surface area contributed by atoms with E-state index in [9.17, 15) is 10.2 Å². The largest absolute Gasteiger partial charge is 0.390 e. The molecule has 98 valence electrons. The fraction of sp³-hybridized carbons (Fsp3) is 1.00. The normalized spacial score (nSPS) is 62.3. The number of fused-ring (bicyclic) bond motifs is 2. The van der Waals surface area contributed by atoms with E-state index in [-0.39, 0.29) is 0 Å². The Morgan fingerprint density at radius 2 is 1.00 bits per heavy atom. The minimum atomic E-state index is -0.486. The van der Waals surface area contributed by atoms with Crippen molar-refractivity contribution in [2.75, 3.05) is 0 Å². The summed E-state index contributed by atoms with van der Waals surface area (Å²) < 4.78 is 0. The van der Waals surface area contributed by atoms with Crippen LogP contribution in [0.2, 0.25) is 0 Å². The molecule has 4 fully saturated rings. The monoisotopic (exact) mass is 238 g/mol. The lowest BCUT2D eigenvalue weighted by Gasteiger charge is -2.59. The van der Waals surface area contributed by atoms with Gasteiger partial charge in [0.2, 0.25) is 0 Å². The zero-order valence-electron chi connectivity index (χ0n) is 11.3. The smallest absolute Gasteiger partial charge is 0.0676 e. The molecule has 0 amide bonds. The molecule has 2 heteroatoms. The van der Waals surface area contributed by atoms with Gasteiger partial charge in [-0.25, -0.2) is 0 Å². The van der Waals surface area contributed by atoms with Crippen molar-refractivity contribution in [2.45, 2.75) is 64.1 Å². The Morgan fingerprint density at radius 1 is 0.706 bits per heavy atom. The first kappa shape index (κ1) is 12.0. The lowest BCUT2D eigenvalue weighted by Crippen LogP contribution is -2.61. The van der Waals surface area contributed by atoms with Crippen LogP contribution in [0, 0.1) is 29.6 Å². The van der Waals surface area contributed by atoms with Gasteiger partial charge in [-0.15, -0.1) is 0 Å². The van der Waals surface area contributed by atoms with Crippen LogP contribution in [-0.4, -0.2) is 21.4 Å². The van der Waals surface area contributed by atoms with Gasteiger partial charge in [0, 0.05) is 0 Å². The van der Waals surface area contributed by atoms with E-state index in [2.05, 4.69) is 6.92 Å². The van der Waals surface area contributed by atoms with Crippen LogP contribution in [0.3, 0.4) is 0 Å². The Hall–Kier alpha value is -0.0800. The summed E-state index contributed by atoms with van der Waals surface area (Å²) in [6.45, 7) is 6.38. The first-order valence-corrected chi connectivity index (χ1v) is 7.26. The molecule has 4 aliphatic carbocycles. The van der Waals surface area contributed by atoms with Gasteiger partial charge < -0.3 is 10.2 Å². The minimum absolute atomic E-state index is 0.397. The highest BCUT2D eigenvalue weighted by molar-refractivity contribution is 5.08. The zero-order chi connectivity index (χ0) is 12.4. The summed E-state index contributed by atoms with van der Waals surface area (Å²) in [4.78, 5) is 0. The predicted molar refractivity (Wildman–Crippen MR) is 67.5 cm³/mol. The lowest BCUT2D eigenvalue weighted by molar-refractivity contribution is -0.204. The highest BCUT2D eigenvalue weighted by Gasteiger charge is 2.57. The van der Waals surface area contributed by atoms with Gasteiger partial charge in [-0.3, -0.25) is 0 Å². The molecule has 4 aliphatic rings. The molecule has 0 aromatic heterocycles. The minimum Gasteiger partial charge on any atom is -0.390 e. The quantitative estimate of drug-likeness (QED) is 0.681. The van der Waals surface area contributed by atoms with Crippen LogP contribution in [0.15, 0.2) is 0 Å². The summed E-state index contributed by atoms with van der Waals surface area (Å²) in [7, 11) is 0. The molecular weight excluding hydrogens is 212 g/mol. The Kier molecular flexibility index (Phi) is 2.45. The van der Waals surface area contributed by atoms with Crippen LogP contribution in [0.25, 0.3) is 0 Å². The van der Waals surface area contributed by atoms with E-state index in [0.29, 0.717) is 29.6 Å². The van der Waals surface area contributed by atoms with Crippen molar-refractivity contribution in [3.05, 3.63) is 0 Å². The molecule has 4 bridgehead atoms. The summed E-state index contributed by atoms with van der Waals surface area (Å²) >= 11 is 0. The molecule has 0 saturated heterocycles. The second-order valence-electron chi connectivity index (χ2n) is 7.52. The standard InChI is InChI=1S/C15H26O2/c1-9-4-10-6-13-8-12(14(10,2)16)7-11(5-9)15(13,3)17/h9-13,16-17H,4-8H2,1-3H3. The van der Waals surface area contributed by atoms with Gasteiger partial charge in [0.15, 0.2) is 0 Å². The van der Waals surface area contributed by atoms with Crippen LogP contribution in [-0.2, 0) is 0 Å². The Morgan fingerprint density at radius 3 is 1.35 bits per heavy atom. The highest BCUT2D eigenvalue weighted by Crippen LogP contribution is 2.58. The summed E-state index contributed by atoms with van der Waals surface area (Å²) in [5, 5.41) is 21.6. The summed E-state index contributed by atoms with van der Waals surface area (Å²) in [6.07, 6.45) is 5.37. The molecule has 0 radical (unpaired) electrons. The van der Waals surface area contributed by atoms with Crippen LogP contribution >= 0.6 is 0 Å². The van der Waals surface area contributed by atoms with Gasteiger partial charge in [-0.05, 0) is 75.5 Å². The van der Waals surface area contributed by atoms with E-state index in [0.717, 1.165) is 32.1 Å². The molecule has 2 nitrogen and oxygen atoms in total. The van der Waals surface area contributed by atoms with Gasteiger partial charge in [0.25, 0.3) is 0 Å². The second-order valence-corrected chi connectivity index (χ2v) is 7.52. The van der Waals surface area contributed by atoms with Gasteiger partial charge in [0.05, 0.1) is 11.2 Å². The fourth-order valence-electron chi connectivity index (χ4n) is 5.06. The molecule has 0 heterocycles. The van der Waals surface area contributed by atoms with E-state index < -0.39 is 11.2 Å². The van der Waals surface area contributed by atoms with Crippen molar-refractivity contribution >= 4 is 0 Å². The molecule has 0 spiro atoms. The summed E-state index contributed by atoms with van der Waals surface area (Å²) in [5.74, 6) is 2.28. The van der Waals surface area contributed by atoms with Crippen molar-refractivity contribution in [1.29, 1.82) is 0 Å². The van der Waals surface area contributed by atoms with E-state index in [4.69, 9.17) is 0 Å². The third kappa shape index (κ3) is 1.60. The topological polar surface area (TPSA) is 40.5 Å². The summed E-state index contributed by atoms with van der Waals surface area (Å²) in [5.41, 5.74) is -0.972. The molecule has 4 saturated carbocycles. The van der Waals surface area contributed by atoms with Crippen molar-refractivity contribution in [2.24, 2.45) is 29.6 Å². The highest BCUT2D eigenvalue weighted by atomic mass is 16.3. The molecule has 0 aromatic rings. The molecule has 6 atom stereocenters. The maximum Gasteiger partial charge on any atom is 0.0676 e. The van der Waals surface area contributed by atoms with E-state index >= 15 is 0 Å². The maximum absolute atomic E-state index is 10.8. The average Bonchev–Trinajstić information content (AvgIpc) is 2.21. The van der Waals surface area contributed by atoms with E-state index in [1.165, 1.54) is 0 Å². The second kappa shape index (κ2) is 3.48. The van der Waals surface area contributed by atoms with Crippen molar-refractivity contribution in [3.63, 3.8) is 0 Å². The van der Waals surface area contributed by atoms with Crippen LogP contribution in [0.4, 0.5) is 0 Å². The van der Waals surface area contributed by atoms with Crippen LogP contribution < -0.4 is 0 Å². The van der Waals surface area contributed by atoms with Crippen molar-refractivity contribution in [3.8, 4) is 0 Å². The summed E-state index contributed by atoms with van der Waals surface area (Å²) in [6, 6.07) is 0. The van der Waals surface area contributed by atoms with Gasteiger partial charge in [-0.1, -0.05) is 6.92 Å². The SMILES string of the molecule is CC1CC2CC3CC(CC(C1)C3(C)O)C2(C)O. The number of hydrogen-bond acceptors (Lipinski definition) is 2. The molecule has 0 aliphatic heterocycles. The number of aliphatic hydroxyl groups is 2. The molecule has 2 N–H and O–H groups in total. The van der Waals surface area contributed by atoms with E-state index in [1.807, 2.05) is 13.8 Å². The van der Waals surface area contributed by atoms with Gasteiger partial charge >= 0.3 is 0 Å². The van der Waals surface area contributed by atoms with Gasteiger partial charge in [0.1, 0.15) is 0 Å². The molecule has 4 rings (SSSR count). The third-order valence-corrected chi connectivity index (χ3v) is 6.39. The molecular formula is C15H26O2. The maximum atomic E-state index is 10.8. The molecule has 6 unspecified atom stereocenters. The average molecular weight is 238 g/mol. The first-order chi connectivity index (χ1) is 7.81. The first-order valence-electron chi connectivity index (χ1n) is 7.26. The van der Waals surface area contributed by atoms with Gasteiger partial charge in [-0.2, -0.15) is 0 Å². The van der Waals surface area contributed by atoms with Crippen molar-refractivity contribution in [1.82, 2.24) is 0 Å². The Bertz CT molecular complexity index is 291. The molecule has 0 aromatic carbocycles. The predicted octanol–water partition coefficient (Wildman–Crippen LogP) is 2.58. The molecule has 17 heavy (non-hydrogen) atoms. The lowest BCUT2D eigenvalue weighted by atomic mass is 9.49. The third-order valence-electron chi connectivity index (χ3n) is 6.39. The zero-order valence-corrected chi connectivity index (χ0v) is 11.3. The fourth-order valence-corrected chi connectivity index (χ4v) is 5.06. The van der Waals surface area contributed by atoms with Crippen molar-refractivity contribution < 1.29 is 10.2 Å². The van der Waals surface area contributed by atoms with Crippen LogP contribution in [0.5, 0.6) is 0 Å².